The van der Waals surface area contributed by atoms with Crippen LogP contribution in [0.5, 0.6) is 0 Å². The fourth-order valence-electron chi connectivity index (χ4n) is 0.622. The third-order valence-electron chi connectivity index (χ3n) is 1.24. The van der Waals surface area contributed by atoms with Gasteiger partial charge in [0.2, 0.25) is 0 Å². The normalized spacial score (nSPS) is 11.7. The summed E-state index contributed by atoms with van der Waals surface area (Å²) in [5, 5.41) is 0. The summed E-state index contributed by atoms with van der Waals surface area (Å²) in [5.74, 6) is 33.2. The Morgan fingerprint density at radius 2 is 0.667 bits per heavy atom. The predicted molar refractivity (Wildman–Crippen MR) is 78.9 cm³/mol. The predicted octanol–water partition coefficient (Wildman–Crippen LogP) is -1.96. The van der Waals surface area contributed by atoms with E-state index in [0.717, 1.165) is 10.7 Å². The molecule has 78 valence electrons. The van der Waals surface area contributed by atoms with E-state index in [9.17, 15) is 0 Å². The molecular formula is C15Te3. The number of hydrogen-bond donors (Lipinski definition) is 0. The van der Waals surface area contributed by atoms with Crippen LogP contribution in [0.3, 0.4) is 0 Å². The van der Waals surface area contributed by atoms with E-state index < -0.39 is 0 Å². The van der Waals surface area contributed by atoms with Crippen molar-refractivity contribution in [2.24, 2.45) is 0 Å². The van der Waals surface area contributed by atoms with E-state index in [1.807, 2.05) is 0 Å². The molecule has 3 heteroatoms. The molecule has 1 aliphatic rings. The molecule has 0 nitrogen and oxygen atoms in total. The summed E-state index contributed by atoms with van der Waals surface area (Å²) >= 11 is 5.32. The van der Waals surface area contributed by atoms with Gasteiger partial charge in [0.1, 0.15) is 0 Å². The van der Waals surface area contributed by atoms with Crippen molar-refractivity contribution >= 4 is 76.1 Å². The zero-order valence-electron chi connectivity index (χ0n) is 8.72. The fraction of sp³-hybridized carbons (Fsp3) is 0. The number of rotatable bonds is 0. The van der Waals surface area contributed by atoms with E-state index in [0.29, 0.717) is 0 Å². The molecule has 0 amide bonds. The Bertz CT molecular complexity index is 733. The molecule has 0 spiro atoms. The second-order valence-corrected chi connectivity index (χ2v) is 5.98. The Hall–Kier alpha value is -0.661. The molecule has 0 unspecified atom stereocenters. The summed E-state index contributed by atoms with van der Waals surface area (Å²) in [6, 6.07) is 0. The van der Waals surface area contributed by atoms with E-state index in [1.54, 1.807) is 65.5 Å². The molecule has 0 aromatic carbocycles. The van der Waals surface area contributed by atoms with E-state index in [4.69, 9.17) is 0 Å². The van der Waals surface area contributed by atoms with Crippen LogP contribution in [-0.2, 0) is 0 Å². The van der Waals surface area contributed by atoms with Crippen LogP contribution in [0.25, 0.3) is 0 Å². The molecule has 0 aliphatic heterocycles. The average molecular weight is 563 g/mol. The van der Waals surface area contributed by atoms with Gasteiger partial charge >= 0.3 is 147 Å². The first-order valence-electron chi connectivity index (χ1n) is 4.36. The zero-order valence-corrected chi connectivity index (χ0v) is 15.7. The van der Waals surface area contributed by atoms with E-state index in [2.05, 4.69) is 71.0 Å². The monoisotopic (exact) mass is 570 g/mol. The van der Waals surface area contributed by atoms with Crippen molar-refractivity contribution in [3.63, 3.8) is 0 Å². The quantitative estimate of drug-likeness (QED) is 0.238. The first-order chi connectivity index (χ1) is 8.68. The minimum absolute atomic E-state index is 0.767. The maximum atomic E-state index is 2.94. The molecule has 1 aliphatic carbocycles. The molecule has 0 saturated heterocycles. The van der Waals surface area contributed by atoms with Gasteiger partial charge in [-0.2, -0.15) is 0 Å². The van der Waals surface area contributed by atoms with E-state index >= 15 is 0 Å². The van der Waals surface area contributed by atoms with E-state index in [1.165, 1.54) is 0 Å². The Balaban J connectivity index is 3.16. The minimum atomic E-state index is 0.767. The van der Waals surface area contributed by atoms with Gasteiger partial charge in [-0.1, -0.05) is 0 Å². The van der Waals surface area contributed by atoms with Gasteiger partial charge in [-0.25, -0.2) is 0 Å². The van der Waals surface area contributed by atoms with Gasteiger partial charge in [0.15, 0.2) is 0 Å². The molecular weight excluding hydrogens is 563 g/mol. The Morgan fingerprint density at radius 3 is 1.06 bits per heavy atom. The molecule has 0 heterocycles. The van der Waals surface area contributed by atoms with Crippen molar-refractivity contribution in [3.8, 4) is 71.0 Å². The molecule has 0 saturated carbocycles. The summed E-state index contributed by atoms with van der Waals surface area (Å²) in [5.41, 5.74) is 0. The van der Waals surface area contributed by atoms with Crippen molar-refractivity contribution in [2.45, 2.75) is 0 Å². The van der Waals surface area contributed by atoms with E-state index in [-0.39, 0.29) is 0 Å². The number of hydrogen-bond acceptors (Lipinski definition) is 0. The van der Waals surface area contributed by atoms with Crippen molar-refractivity contribution in [1.29, 1.82) is 0 Å². The van der Waals surface area contributed by atoms with Gasteiger partial charge in [-0.05, 0) is 0 Å². The van der Waals surface area contributed by atoms with Gasteiger partial charge in [0.25, 0.3) is 0 Å². The molecule has 1 rings (SSSR count). The second kappa shape index (κ2) is 9.29. The summed E-state index contributed by atoms with van der Waals surface area (Å²) in [6.07, 6.45) is 0. The van der Waals surface area contributed by atoms with Crippen molar-refractivity contribution in [2.75, 3.05) is 0 Å². The van der Waals surface area contributed by atoms with Crippen LogP contribution in [0, 0.1) is 71.0 Å². The molecule has 0 radical (unpaired) electrons. The summed E-state index contributed by atoms with van der Waals surface area (Å²) in [4.78, 5) is 0. The van der Waals surface area contributed by atoms with Crippen LogP contribution >= 0.6 is 0 Å². The SMILES string of the molecule is [Te]=C1C#CC#CC#CC#CC(=[Te])C#CC(=[Te])C#C1. The van der Waals surface area contributed by atoms with Crippen LogP contribution in [0.15, 0.2) is 0 Å². The average Bonchev–Trinajstić information content (AvgIpc) is 2.36. The molecule has 0 N–H and O–H groups in total. The first kappa shape index (κ1) is 15.4. The van der Waals surface area contributed by atoms with Crippen molar-refractivity contribution in [1.82, 2.24) is 0 Å². The van der Waals surface area contributed by atoms with Crippen LogP contribution < -0.4 is 0 Å². The second-order valence-electron chi connectivity index (χ2n) is 2.49. The molecule has 18 heavy (non-hydrogen) atoms. The molecule has 0 aromatic heterocycles. The van der Waals surface area contributed by atoms with Crippen LogP contribution in [0.4, 0.5) is 0 Å². The summed E-state index contributed by atoms with van der Waals surface area (Å²) in [7, 11) is 0. The van der Waals surface area contributed by atoms with Crippen molar-refractivity contribution in [3.05, 3.63) is 0 Å². The molecule has 0 fully saturated rings. The Morgan fingerprint density at radius 1 is 0.389 bits per heavy atom. The Kier molecular flexibility index (Phi) is 7.95. The fourth-order valence-corrected chi connectivity index (χ4v) is 1.50. The summed E-state index contributed by atoms with van der Waals surface area (Å²) in [6.45, 7) is 0. The zero-order chi connectivity index (χ0) is 13.2. The third kappa shape index (κ3) is 7.62. The van der Waals surface area contributed by atoms with Crippen molar-refractivity contribution < 1.29 is 0 Å². The first-order valence-corrected chi connectivity index (χ1v) is 7.86. The van der Waals surface area contributed by atoms with Gasteiger partial charge in [0.05, 0.1) is 0 Å². The third-order valence-corrected chi connectivity index (χ3v) is 2.99. The molecule has 0 atom stereocenters. The summed E-state index contributed by atoms with van der Waals surface area (Å²) < 4.78 is 2.33. The van der Waals surface area contributed by atoms with Gasteiger partial charge in [-0.15, -0.1) is 0 Å². The Labute approximate surface area is 145 Å². The molecule has 0 bridgehead atoms. The standard InChI is InChI=1S/C15Te3/c16-13-7-5-3-1-2-4-6-8-14(17)10-12-15(18)11-9-13. The van der Waals surface area contributed by atoms with Crippen LogP contribution in [-0.4, -0.2) is 76.1 Å². The van der Waals surface area contributed by atoms with Gasteiger partial charge in [0, 0.05) is 0 Å². The van der Waals surface area contributed by atoms with Gasteiger partial charge in [-0.3, -0.25) is 0 Å². The van der Waals surface area contributed by atoms with Gasteiger partial charge < -0.3 is 0 Å². The van der Waals surface area contributed by atoms with Crippen LogP contribution in [0.2, 0.25) is 0 Å². The van der Waals surface area contributed by atoms with Crippen LogP contribution in [0.1, 0.15) is 0 Å². The maximum absolute atomic E-state index is 2.94. The molecule has 0 aromatic rings. The topological polar surface area (TPSA) is 0 Å².